The third-order valence-electron chi connectivity index (χ3n) is 5.69. The first-order valence-electron chi connectivity index (χ1n) is 8.08. The van der Waals surface area contributed by atoms with Gasteiger partial charge >= 0.3 is 0 Å². The van der Waals surface area contributed by atoms with E-state index in [9.17, 15) is 4.79 Å². The van der Waals surface area contributed by atoms with Crippen molar-refractivity contribution in [2.24, 2.45) is 11.8 Å². The lowest BCUT2D eigenvalue weighted by Gasteiger charge is -2.33. The number of hydrogen-bond acceptors (Lipinski definition) is 2. The maximum absolute atomic E-state index is 12.8. The summed E-state index contributed by atoms with van der Waals surface area (Å²) < 4.78 is 0. The summed E-state index contributed by atoms with van der Waals surface area (Å²) in [7, 11) is 0. The molecular weight excluding hydrogens is 236 g/mol. The number of carbonyl (C=O) groups excluding carboxylic acids is 1. The average molecular weight is 266 g/mol. The Morgan fingerprint density at radius 1 is 1.26 bits per heavy atom. The Morgan fingerprint density at radius 2 is 1.95 bits per heavy atom. The summed E-state index contributed by atoms with van der Waals surface area (Å²) in [6.07, 6.45) is 5.82. The van der Waals surface area contributed by atoms with Crippen LogP contribution in [0.5, 0.6) is 0 Å². The summed E-state index contributed by atoms with van der Waals surface area (Å²) in [4.78, 5) is 15.0. The van der Waals surface area contributed by atoms with Gasteiger partial charge in [-0.2, -0.15) is 0 Å². The standard InChI is InChI=1S/C16H30N2O/c1-6-12-9-10-13(11(12)4)18-14(7-2)17-16(5,8-3)15(18)19/h11-14,17H,6-10H2,1-5H3. The fourth-order valence-corrected chi connectivity index (χ4v) is 4.05. The first kappa shape index (κ1) is 14.8. The summed E-state index contributed by atoms with van der Waals surface area (Å²) in [6.45, 7) is 11.0. The zero-order chi connectivity index (χ0) is 14.2. The van der Waals surface area contributed by atoms with Crippen molar-refractivity contribution in [2.45, 2.75) is 84.5 Å². The number of nitrogens with zero attached hydrogens (tertiary/aromatic N) is 1. The molecule has 2 aliphatic rings. The van der Waals surface area contributed by atoms with Gasteiger partial charge in [0.05, 0.1) is 11.7 Å². The van der Waals surface area contributed by atoms with Crippen LogP contribution < -0.4 is 5.32 Å². The van der Waals surface area contributed by atoms with Gasteiger partial charge in [0.15, 0.2) is 0 Å². The predicted octanol–water partition coefficient (Wildman–Crippen LogP) is 3.15. The normalized spacial score (nSPS) is 43.2. The van der Waals surface area contributed by atoms with Gasteiger partial charge in [-0.1, -0.05) is 34.1 Å². The first-order valence-corrected chi connectivity index (χ1v) is 8.08. The number of hydrogen-bond donors (Lipinski definition) is 1. The largest absolute Gasteiger partial charge is 0.322 e. The van der Waals surface area contributed by atoms with E-state index in [0.29, 0.717) is 17.9 Å². The van der Waals surface area contributed by atoms with Crippen molar-refractivity contribution in [1.29, 1.82) is 0 Å². The van der Waals surface area contributed by atoms with E-state index in [0.717, 1.165) is 18.8 Å². The van der Waals surface area contributed by atoms with Crippen LogP contribution >= 0.6 is 0 Å². The zero-order valence-electron chi connectivity index (χ0n) is 13.2. The molecule has 1 N–H and O–H groups in total. The second kappa shape index (κ2) is 5.43. The van der Waals surface area contributed by atoms with Gasteiger partial charge in [0.1, 0.15) is 0 Å². The molecule has 0 spiro atoms. The smallest absolute Gasteiger partial charge is 0.244 e. The molecule has 3 nitrogen and oxygen atoms in total. The lowest BCUT2D eigenvalue weighted by molar-refractivity contribution is -0.136. The van der Waals surface area contributed by atoms with Crippen LogP contribution in [0.25, 0.3) is 0 Å². The molecule has 1 aliphatic carbocycles. The Hall–Kier alpha value is -0.570. The monoisotopic (exact) mass is 266 g/mol. The van der Waals surface area contributed by atoms with Gasteiger partial charge in [0, 0.05) is 6.04 Å². The molecule has 0 aromatic heterocycles. The molecule has 0 aromatic rings. The number of carbonyl (C=O) groups is 1. The van der Waals surface area contributed by atoms with Gasteiger partial charge in [-0.3, -0.25) is 10.1 Å². The highest BCUT2D eigenvalue weighted by Gasteiger charge is 2.51. The van der Waals surface area contributed by atoms with E-state index in [1.807, 2.05) is 0 Å². The van der Waals surface area contributed by atoms with Crippen LogP contribution in [0, 0.1) is 11.8 Å². The molecule has 1 heterocycles. The van der Waals surface area contributed by atoms with E-state index in [-0.39, 0.29) is 11.7 Å². The first-order chi connectivity index (χ1) is 8.98. The van der Waals surface area contributed by atoms with E-state index < -0.39 is 0 Å². The van der Waals surface area contributed by atoms with Crippen molar-refractivity contribution >= 4 is 5.91 Å². The number of amides is 1. The van der Waals surface area contributed by atoms with Crippen LogP contribution in [-0.2, 0) is 4.79 Å². The van der Waals surface area contributed by atoms with Crippen LogP contribution in [0.15, 0.2) is 0 Å². The van der Waals surface area contributed by atoms with E-state index >= 15 is 0 Å². The zero-order valence-corrected chi connectivity index (χ0v) is 13.2. The van der Waals surface area contributed by atoms with E-state index in [1.165, 1.54) is 19.3 Å². The van der Waals surface area contributed by atoms with E-state index in [2.05, 4.69) is 44.8 Å². The van der Waals surface area contributed by atoms with Crippen LogP contribution in [0.2, 0.25) is 0 Å². The van der Waals surface area contributed by atoms with Gasteiger partial charge in [0.25, 0.3) is 0 Å². The Kier molecular flexibility index (Phi) is 4.24. The minimum absolute atomic E-state index is 0.237. The molecule has 110 valence electrons. The number of rotatable bonds is 4. The quantitative estimate of drug-likeness (QED) is 0.848. The molecule has 1 aliphatic heterocycles. The second-order valence-electron chi connectivity index (χ2n) is 6.64. The lowest BCUT2D eigenvalue weighted by Crippen LogP contribution is -2.46. The number of nitrogens with one attached hydrogen (secondary N) is 1. The van der Waals surface area contributed by atoms with Gasteiger partial charge in [0.2, 0.25) is 5.91 Å². The molecule has 1 saturated carbocycles. The van der Waals surface area contributed by atoms with Crippen LogP contribution in [0.3, 0.4) is 0 Å². The SMILES string of the molecule is CCC1CCC(N2C(=O)C(C)(CC)NC2CC)C1C. The van der Waals surface area contributed by atoms with Crippen molar-refractivity contribution in [2.75, 3.05) is 0 Å². The van der Waals surface area contributed by atoms with Crippen molar-refractivity contribution in [3.8, 4) is 0 Å². The second-order valence-corrected chi connectivity index (χ2v) is 6.64. The molecule has 0 bridgehead atoms. The van der Waals surface area contributed by atoms with Crippen LogP contribution in [0.4, 0.5) is 0 Å². The Labute approximate surface area is 118 Å². The summed E-state index contributed by atoms with van der Waals surface area (Å²) in [5, 5.41) is 3.57. The highest BCUT2D eigenvalue weighted by Crippen LogP contribution is 2.40. The third kappa shape index (κ3) is 2.31. The van der Waals surface area contributed by atoms with E-state index in [4.69, 9.17) is 0 Å². The van der Waals surface area contributed by atoms with Crippen molar-refractivity contribution in [1.82, 2.24) is 10.2 Å². The van der Waals surface area contributed by atoms with Crippen molar-refractivity contribution in [3.63, 3.8) is 0 Å². The molecule has 5 atom stereocenters. The summed E-state index contributed by atoms with van der Waals surface area (Å²) in [5.41, 5.74) is -0.343. The topological polar surface area (TPSA) is 32.3 Å². The summed E-state index contributed by atoms with van der Waals surface area (Å²) in [5.74, 6) is 1.77. The Balaban J connectivity index is 2.21. The molecule has 2 rings (SSSR count). The van der Waals surface area contributed by atoms with Crippen molar-refractivity contribution < 1.29 is 4.79 Å². The van der Waals surface area contributed by atoms with E-state index in [1.54, 1.807) is 0 Å². The lowest BCUT2D eigenvalue weighted by atomic mass is 9.92. The van der Waals surface area contributed by atoms with Gasteiger partial charge in [-0.15, -0.1) is 0 Å². The Morgan fingerprint density at radius 3 is 2.42 bits per heavy atom. The fourth-order valence-electron chi connectivity index (χ4n) is 4.05. The molecule has 1 saturated heterocycles. The molecule has 5 unspecified atom stereocenters. The van der Waals surface area contributed by atoms with Gasteiger partial charge < -0.3 is 4.90 Å². The Bertz CT molecular complexity index is 344. The van der Waals surface area contributed by atoms with Crippen LogP contribution in [0.1, 0.15) is 66.7 Å². The predicted molar refractivity (Wildman–Crippen MR) is 78.7 cm³/mol. The van der Waals surface area contributed by atoms with Crippen molar-refractivity contribution in [3.05, 3.63) is 0 Å². The average Bonchev–Trinajstić information content (AvgIpc) is 2.89. The fraction of sp³-hybridized carbons (Fsp3) is 0.938. The molecule has 19 heavy (non-hydrogen) atoms. The third-order valence-corrected chi connectivity index (χ3v) is 5.69. The molecule has 1 amide bonds. The maximum Gasteiger partial charge on any atom is 0.244 e. The minimum atomic E-state index is -0.343. The highest BCUT2D eigenvalue weighted by molar-refractivity contribution is 5.88. The highest BCUT2D eigenvalue weighted by atomic mass is 16.2. The summed E-state index contributed by atoms with van der Waals surface area (Å²) >= 11 is 0. The van der Waals surface area contributed by atoms with Crippen LogP contribution in [-0.4, -0.2) is 28.6 Å². The van der Waals surface area contributed by atoms with Gasteiger partial charge in [-0.05, 0) is 44.4 Å². The molecule has 0 radical (unpaired) electrons. The minimum Gasteiger partial charge on any atom is -0.322 e. The summed E-state index contributed by atoms with van der Waals surface area (Å²) in [6, 6.07) is 0.447. The molecule has 0 aromatic carbocycles. The van der Waals surface area contributed by atoms with Gasteiger partial charge in [-0.25, -0.2) is 0 Å². The molecular formula is C16H30N2O. The molecule has 2 fully saturated rings. The molecule has 3 heteroatoms. The maximum atomic E-state index is 12.8.